The summed E-state index contributed by atoms with van der Waals surface area (Å²) in [5.74, 6) is 1.79. The summed E-state index contributed by atoms with van der Waals surface area (Å²) in [5.41, 5.74) is 1.20. The van der Waals surface area contributed by atoms with Gasteiger partial charge in [-0.2, -0.15) is 0 Å². The third-order valence-electron chi connectivity index (χ3n) is 4.32. The van der Waals surface area contributed by atoms with Gasteiger partial charge in [0.15, 0.2) is 0 Å². The zero-order valence-corrected chi connectivity index (χ0v) is 14.9. The third kappa shape index (κ3) is 4.16. The lowest BCUT2D eigenvalue weighted by molar-refractivity contribution is 0.122. The van der Waals surface area contributed by atoms with Gasteiger partial charge in [0.2, 0.25) is 0 Å². The van der Waals surface area contributed by atoms with Crippen molar-refractivity contribution in [1.82, 2.24) is 9.97 Å². The van der Waals surface area contributed by atoms with Crippen molar-refractivity contribution in [3.63, 3.8) is 0 Å². The lowest BCUT2D eigenvalue weighted by Gasteiger charge is -2.28. The maximum atomic E-state index is 5.98. The molecule has 1 aromatic carbocycles. The minimum atomic E-state index is -0.0331. The van der Waals surface area contributed by atoms with E-state index < -0.39 is 0 Å². The highest BCUT2D eigenvalue weighted by atomic mass is 35.5. The number of halogens is 1. The number of hydrogen-bond acceptors (Lipinski definition) is 5. The smallest absolute Gasteiger partial charge is 0.134 e. The zero-order chi connectivity index (χ0) is 17.0. The Labute approximate surface area is 148 Å². The van der Waals surface area contributed by atoms with E-state index in [4.69, 9.17) is 16.3 Å². The Kier molecular flexibility index (Phi) is 5.21. The molecule has 3 rings (SSSR count). The summed E-state index contributed by atoms with van der Waals surface area (Å²) in [5, 5.41) is 4.19. The molecule has 24 heavy (non-hydrogen) atoms. The van der Waals surface area contributed by atoms with Crippen LogP contribution in [-0.4, -0.2) is 42.8 Å². The Balaban J connectivity index is 1.66. The van der Waals surface area contributed by atoms with Gasteiger partial charge >= 0.3 is 0 Å². The number of aromatic nitrogens is 2. The summed E-state index contributed by atoms with van der Waals surface area (Å²) in [6, 6.07) is 10.0. The molecule has 1 N–H and O–H groups in total. The van der Waals surface area contributed by atoms with Crippen LogP contribution in [0.5, 0.6) is 0 Å². The van der Waals surface area contributed by atoms with Crippen molar-refractivity contribution < 1.29 is 4.74 Å². The Morgan fingerprint density at radius 1 is 1.17 bits per heavy atom. The van der Waals surface area contributed by atoms with Crippen molar-refractivity contribution in [2.75, 3.05) is 43.1 Å². The molecule has 6 heteroatoms. The molecule has 2 aromatic rings. The number of rotatable bonds is 5. The van der Waals surface area contributed by atoms with Gasteiger partial charge in [-0.15, -0.1) is 0 Å². The second kappa shape index (κ2) is 7.36. The standard InChI is InChI=1S/C18H23ClN4O/c1-18(2,14-3-5-15(19)6-4-14)12-20-16-11-17(22-13-21-16)23-7-9-24-10-8-23/h3-6,11,13H,7-10,12H2,1-2H3,(H,20,21,22). The number of ether oxygens (including phenoxy) is 1. The predicted octanol–water partition coefficient (Wildman–Crippen LogP) is 3.36. The highest BCUT2D eigenvalue weighted by molar-refractivity contribution is 6.30. The summed E-state index contributed by atoms with van der Waals surface area (Å²) in [7, 11) is 0. The van der Waals surface area contributed by atoms with Crippen LogP contribution in [0.1, 0.15) is 19.4 Å². The van der Waals surface area contributed by atoms with Gasteiger partial charge in [0, 0.05) is 36.1 Å². The molecule has 1 aromatic heterocycles. The van der Waals surface area contributed by atoms with Crippen LogP contribution in [0.25, 0.3) is 0 Å². The molecule has 1 fully saturated rings. The molecule has 0 amide bonds. The van der Waals surface area contributed by atoms with Crippen molar-refractivity contribution >= 4 is 23.2 Å². The van der Waals surface area contributed by atoms with E-state index in [1.54, 1.807) is 6.33 Å². The van der Waals surface area contributed by atoms with E-state index in [2.05, 4.69) is 46.2 Å². The molecule has 1 saturated heterocycles. The molecule has 5 nitrogen and oxygen atoms in total. The van der Waals surface area contributed by atoms with Crippen molar-refractivity contribution in [3.05, 3.63) is 47.2 Å². The van der Waals surface area contributed by atoms with Crippen molar-refractivity contribution in [2.45, 2.75) is 19.3 Å². The Morgan fingerprint density at radius 2 is 1.88 bits per heavy atom. The van der Waals surface area contributed by atoms with Gasteiger partial charge in [-0.25, -0.2) is 9.97 Å². The van der Waals surface area contributed by atoms with Crippen LogP contribution in [0.3, 0.4) is 0 Å². The number of morpholine rings is 1. The van der Waals surface area contributed by atoms with Gasteiger partial charge in [0.05, 0.1) is 13.2 Å². The monoisotopic (exact) mass is 346 g/mol. The van der Waals surface area contributed by atoms with Crippen LogP contribution in [0.15, 0.2) is 36.7 Å². The summed E-state index contributed by atoms with van der Waals surface area (Å²) < 4.78 is 5.39. The number of anilines is 2. The highest BCUT2D eigenvalue weighted by Gasteiger charge is 2.21. The second-order valence-corrected chi connectivity index (χ2v) is 7.04. The predicted molar refractivity (Wildman–Crippen MR) is 98.0 cm³/mol. The van der Waals surface area contributed by atoms with E-state index in [0.29, 0.717) is 0 Å². The second-order valence-electron chi connectivity index (χ2n) is 6.61. The van der Waals surface area contributed by atoms with E-state index in [9.17, 15) is 0 Å². The first kappa shape index (κ1) is 17.0. The molecule has 0 atom stereocenters. The van der Waals surface area contributed by atoms with Crippen LogP contribution in [0.2, 0.25) is 5.02 Å². The quantitative estimate of drug-likeness (QED) is 0.899. The van der Waals surface area contributed by atoms with E-state index in [1.165, 1.54) is 5.56 Å². The van der Waals surface area contributed by atoms with Crippen LogP contribution in [0, 0.1) is 0 Å². The Bertz CT molecular complexity index is 669. The molecule has 2 heterocycles. The third-order valence-corrected chi connectivity index (χ3v) is 4.58. The average molecular weight is 347 g/mol. The molecule has 128 valence electrons. The maximum absolute atomic E-state index is 5.98. The normalized spacial score (nSPS) is 15.4. The largest absolute Gasteiger partial charge is 0.378 e. The average Bonchev–Trinajstić information content (AvgIpc) is 2.61. The number of nitrogens with zero attached hydrogens (tertiary/aromatic N) is 3. The number of nitrogens with one attached hydrogen (secondary N) is 1. The van der Waals surface area contributed by atoms with Crippen molar-refractivity contribution in [1.29, 1.82) is 0 Å². The van der Waals surface area contributed by atoms with Crippen LogP contribution < -0.4 is 10.2 Å². The topological polar surface area (TPSA) is 50.3 Å². The molecule has 0 radical (unpaired) electrons. The molecular weight excluding hydrogens is 324 g/mol. The first-order valence-electron chi connectivity index (χ1n) is 8.19. The Morgan fingerprint density at radius 3 is 2.58 bits per heavy atom. The van der Waals surface area contributed by atoms with Gasteiger partial charge in [-0.1, -0.05) is 37.6 Å². The first-order chi connectivity index (χ1) is 11.5. The van der Waals surface area contributed by atoms with Crippen molar-refractivity contribution in [2.24, 2.45) is 0 Å². The first-order valence-corrected chi connectivity index (χ1v) is 8.57. The van der Waals surface area contributed by atoms with Gasteiger partial charge in [0.25, 0.3) is 0 Å². The molecule has 1 aliphatic heterocycles. The van der Waals surface area contributed by atoms with Gasteiger partial charge in [0.1, 0.15) is 18.0 Å². The summed E-state index contributed by atoms with van der Waals surface area (Å²) >= 11 is 5.98. The highest BCUT2D eigenvalue weighted by Crippen LogP contribution is 2.25. The summed E-state index contributed by atoms with van der Waals surface area (Å²) in [6.07, 6.45) is 1.61. The van der Waals surface area contributed by atoms with Crippen LogP contribution in [0.4, 0.5) is 11.6 Å². The van der Waals surface area contributed by atoms with Gasteiger partial charge in [-0.05, 0) is 17.7 Å². The minimum absolute atomic E-state index is 0.0331. The lowest BCUT2D eigenvalue weighted by atomic mass is 9.84. The minimum Gasteiger partial charge on any atom is -0.378 e. The number of benzene rings is 1. The molecule has 1 aliphatic rings. The van der Waals surface area contributed by atoms with E-state index in [-0.39, 0.29) is 5.41 Å². The fraction of sp³-hybridized carbons (Fsp3) is 0.444. The maximum Gasteiger partial charge on any atom is 0.134 e. The molecule has 0 spiro atoms. The van der Waals surface area contributed by atoms with Gasteiger partial charge in [-0.3, -0.25) is 0 Å². The molecular formula is C18H23ClN4O. The van der Waals surface area contributed by atoms with Gasteiger partial charge < -0.3 is 15.0 Å². The summed E-state index contributed by atoms with van der Waals surface area (Å²) in [6.45, 7) is 8.40. The SMILES string of the molecule is CC(C)(CNc1cc(N2CCOCC2)ncn1)c1ccc(Cl)cc1. The van der Waals surface area contributed by atoms with E-state index in [0.717, 1.165) is 49.5 Å². The fourth-order valence-corrected chi connectivity index (χ4v) is 2.85. The number of hydrogen-bond donors (Lipinski definition) is 1. The van der Waals surface area contributed by atoms with E-state index >= 15 is 0 Å². The molecule has 0 bridgehead atoms. The van der Waals surface area contributed by atoms with Crippen molar-refractivity contribution in [3.8, 4) is 0 Å². The zero-order valence-electron chi connectivity index (χ0n) is 14.1. The molecule has 0 saturated carbocycles. The lowest BCUT2D eigenvalue weighted by Crippen LogP contribution is -2.36. The van der Waals surface area contributed by atoms with E-state index in [1.807, 2.05) is 18.2 Å². The molecule has 0 unspecified atom stereocenters. The Hall–Kier alpha value is -1.85. The fourth-order valence-electron chi connectivity index (χ4n) is 2.72. The van der Waals surface area contributed by atoms with Crippen LogP contribution >= 0.6 is 11.6 Å². The molecule has 0 aliphatic carbocycles. The summed E-state index contributed by atoms with van der Waals surface area (Å²) in [4.78, 5) is 10.9. The van der Waals surface area contributed by atoms with Crippen LogP contribution in [-0.2, 0) is 10.2 Å².